The second kappa shape index (κ2) is 4.35. The van der Waals surface area contributed by atoms with Crippen LogP contribution in [-0.4, -0.2) is 62.2 Å². The van der Waals surface area contributed by atoms with Gasteiger partial charge in [0.05, 0.1) is 18.2 Å². The predicted molar refractivity (Wildman–Crippen MR) is 63.4 cm³/mol. The molecule has 1 saturated carbocycles. The normalized spacial score (nSPS) is 37.5. The summed E-state index contributed by atoms with van der Waals surface area (Å²) in [6.45, 7) is 5.01. The van der Waals surface area contributed by atoms with E-state index in [1.165, 1.54) is 0 Å². The summed E-state index contributed by atoms with van der Waals surface area (Å²) in [5.74, 6) is -1.84. The van der Waals surface area contributed by atoms with Crippen molar-refractivity contribution in [3.8, 4) is 0 Å². The van der Waals surface area contributed by atoms with Gasteiger partial charge < -0.3 is 20.1 Å². The van der Waals surface area contributed by atoms with Crippen molar-refractivity contribution >= 4 is 12.1 Å². The monoisotopic (exact) mass is 273 g/mol. The highest BCUT2D eigenvalue weighted by molar-refractivity contribution is 5.82. The minimum Gasteiger partial charge on any atom is -0.480 e. The molecule has 1 aliphatic carbocycles. The third-order valence-corrected chi connectivity index (χ3v) is 3.58. The molecule has 108 valence electrons. The molecule has 0 radical (unpaired) electrons. The van der Waals surface area contributed by atoms with E-state index < -0.39 is 47.9 Å². The van der Waals surface area contributed by atoms with Crippen LogP contribution in [0.4, 0.5) is 4.79 Å². The van der Waals surface area contributed by atoms with Crippen LogP contribution in [0, 0.1) is 5.92 Å². The zero-order chi connectivity index (χ0) is 14.5. The number of aliphatic hydroxyl groups is 2. The number of aliphatic hydroxyl groups excluding tert-OH is 2. The minimum atomic E-state index is -1.19. The van der Waals surface area contributed by atoms with Gasteiger partial charge in [-0.15, -0.1) is 0 Å². The summed E-state index contributed by atoms with van der Waals surface area (Å²) in [6.07, 6.45) is -2.57. The van der Waals surface area contributed by atoms with Crippen LogP contribution in [0.5, 0.6) is 0 Å². The highest BCUT2D eigenvalue weighted by Crippen LogP contribution is 2.43. The Kier molecular flexibility index (Phi) is 3.22. The van der Waals surface area contributed by atoms with E-state index >= 15 is 0 Å². The number of nitrogens with zero attached hydrogens (tertiary/aromatic N) is 1. The van der Waals surface area contributed by atoms with Gasteiger partial charge in [0.2, 0.25) is 0 Å². The van der Waals surface area contributed by atoms with E-state index in [9.17, 15) is 24.9 Å². The number of ether oxygens (including phenoxy) is 1. The number of aliphatic carboxylic acids is 1. The lowest BCUT2D eigenvalue weighted by atomic mass is 9.97. The first kappa shape index (κ1) is 14.1. The molecule has 1 amide bonds. The molecule has 0 spiro atoms. The Morgan fingerprint density at radius 2 is 1.84 bits per heavy atom. The molecule has 0 aromatic carbocycles. The molecule has 1 heterocycles. The van der Waals surface area contributed by atoms with E-state index in [1.807, 2.05) is 0 Å². The molecule has 3 N–H and O–H groups in total. The van der Waals surface area contributed by atoms with Crippen LogP contribution < -0.4 is 0 Å². The van der Waals surface area contributed by atoms with Crippen LogP contribution in [0.3, 0.4) is 0 Å². The Labute approximate surface area is 110 Å². The molecule has 2 rings (SSSR count). The van der Waals surface area contributed by atoms with Crippen LogP contribution in [0.25, 0.3) is 0 Å². The van der Waals surface area contributed by atoms with Crippen LogP contribution in [0.15, 0.2) is 0 Å². The first-order valence-corrected chi connectivity index (χ1v) is 6.24. The SMILES string of the molecule is CC(C)(C)OC(=O)N1[C@@H]2[C@@H](O)[C@@H](C[C@H]2O)[C@H]1C(=O)O. The minimum absolute atomic E-state index is 0.183. The first-order valence-electron chi connectivity index (χ1n) is 6.24. The molecule has 5 atom stereocenters. The van der Waals surface area contributed by atoms with Gasteiger partial charge in [-0.2, -0.15) is 0 Å². The van der Waals surface area contributed by atoms with Crippen molar-refractivity contribution in [3.05, 3.63) is 0 Å². The number of rotatable bonds is 1. The summed E-state index contributed by atoms with van der Waals surface area (Å²) < 4.78 is 5.15. The first-order chi connectivity index (χ1) is 8.63. The number of hydrogen-bond acceptors (Lipinski definition) is 5. The fraction of sp³-hybridized carbons (Fsp3) is 0.833. The quantitative estimate of drug-likeness (QED) is 0.611. The maximum absolute atomic E-state index is 12.1. The number of likely N-dealkylation sites (tertiary alicyclic amines) is 1. The summed E-state index contributed by atoms with van der Waals surface area (Å²) in [5.41, 5.74) is -0.766. The van der Waals surface area contributed by atoms with Crippen molar-refractivity contribution in [1.82, 2.24) is 4.90 Å². The summed E-state index contributed by atoms with van der Waals surface area (Å²) in [5, 5.41) is 29.0. The Hall–Kier alpha value is -1.34. The highest BCUT2D eigenvalue weighted by atomic mass is 16.6. The van der Waals surface area contributed by atoms with Crippen molar-refractivity contribution in [2.45, 2.75) is 57.1 Å². The van der Waals surface area contributed by atoms with E-state index in [2.05, 4.69) is 0 Å². The molecule has 7 heteroatoms. The van der Waals surface area contributed by atoms with Gasteiger partial charge in [0.1, 0.15) is 11.6 Å². The van der Waals surface area contributed by atoms with Crippen molar-refractivity contribution in [2.75, 3.05) is 0 Å². The Balaban J connectivity index is 2.26. The number of carboxylic acid groups (broad SMARTS) is 1. The third kappa shape index (κ3) is 2.28. The van der Waals surface area contributed by atoms with Gasteiger partial charge in [0.15, 0.2) is 0 Å². The topological polar surface area (TPSA) is 107 Å². The van der Waals surface area contributed by atoms with E-state index in [-0.39, 0.29) is 6.42 Å². The fourth-order valence-electron chi connectivity index (χ4n) is 2.95. The average molecular weight is 273 g/mol. The molecule has 2 aliphatic rings. The Morgan fingerprint density at radius 1 is 1.26 bits per heavy atom. The maximum Gasteiger partial charge on any atom is 0.411 e. The maximum atomic E-state index is 12.1. The highest BCUT2D eigenvalue weighted by Gasteiger charge is 2.62. The van der Waals surface area contributed by atoms with Crippen LogP contribution in [-0.2, 0) is 9.53 Å². The lowest BCUT2D eigenvalue weighted by Crippen LogP contribution is -2.55. The second-order valence-electron chi connectivity index (χ2n) is 6.12. The predicted octanol–water partition coefficient (Wildman–Crippen LogP) is -0.199. The molecule has 7 nitrogen and oxygen atoms in total. The Morgan fingerprint density at radius 3 is 2.32 bits per heavy atom. The lowest BCUT2D eigenvalue weighted by Gasteiger charge is -2.35. The second-order valence-corrected chi connectivity index (χ2v) is 6.12. The molecule has 0 aromatic rings. The third-order valence-electron chi connectivity index (χ3n) is 3.58. The molecule has 1 aliphatic heterocycles. The average Bonchev–Trinajstić information content (AvgIpc) is 2.65. The molecule has 1 saturated heterocycles. The van der Waals surface area contributed by atoms with Gasteiger partial charge in [-0.3, -0.25) is 4.90 Å². The molecule has 2 fully saturated rings. The lowest BCUT2D eigenvalue weighted by molar-refractivity contribution is -0.146. The van der Waals surface area contributed by atoms with Crippen molar-refractivity contribution < 1.29 is 29.6 Å². The smallest absolute Gasteiger partial charge is 0.411 e. The zero-order valence-corrected chi connectivity index (χ0v) is 11.1. The molecule has 19 heavy (non-hydrogen) atoms. The van der Waals surface area contributed by atoms with Crippen molar-refractivity contribution in [3.63, 3.8) is 0 Å². The van der Waals surface area contributed by atoms with Crippen LogP contribution >= 0.6 is 0 Å². The summed E-state index contributed by atoms with van der Waals surface area (Å²) in [7, 11) is 0. The van der Waals surface area contributed by atoms with Gasteiger partial charge in [-0.25, -0.2) is 9.59 Å². The number of hydrogen-bond donors (Lipinski definition) is 3. The molecular weight excluding hydrogens is 254 g/mol. The summed E-state index contributed by atoms with van der Waals surface area (Å²) in [4.78, 5) is 24.3. The molecule has 2 bridgehead atoms. The zero-order valence-electron chi connectivity index (χ0n) is 11.1. The number of amides is 1. The number of carbonyl (C=O) groups excluding carboxylic acids is 1. The van der Waals surface area contributed by atoms with Gasteiger partial charge >= 0.3 is 12.1 Å². The van der Waals surface area contributed by atoms with Gasteiger partial charge in [0, 0.05) is 5.92 Å². The van der Waals surface area contributed by atoms with E-state index in [0.29, 0.717) is 0 Å². The van der Waals surface area contributed by atoms with E-state index in [0.717, 1.165) is 4.90 Å². The van der Waals surface area contributed by atoms with E-state index in [4.69, 9.17) is 4.74 Å². The Bertz CT molecular complexity index is 404. The van der Waals surface area contributed by atoms with Gasteiger partial charge in [0.25, 0.3) is 0 Å². The van der Waals surface area contributed by atoms with Crippen LogP contribution in [0.2, 0.25) is 0 Å². The number of carbonyl (C=O) groups is 2. The largest absolute Gasteiger partial charge is 0.480 e. The van der Waals surface area contributed by atoms with E-state index in [1.54, 1.807) is 20.8 Å². The fourth-order valence-corrected chi connectivity index (χ4v) is 2.95. The summed E-state index contributed by atoms with van der Waals surface area (Å²) in [6, 6.07) is -2.04. The van der Waals surface area contributed by atoms with Crippen LogP contribution in [0.1, 0.15) is 27.2 Å². The number of piperidine rings is 1. The molecule has 0 unspecified atom stereocenters. The van der Waals surface area contributed by atoms with Gasteiger partial charge in [-0.05, 0) is 27.2 Å². The number of carboxylic acids is 1. The van der Waals surface area contributed by atoms with Gasteiger partial charge in [-0.1, -0.05) is 0 Å². The number of fused-ring (bicyclic) bond motifs is 2. The van der Waals surface area contributed by atoms with Crippen molar-refractivity contribution in [2.24, 2.45) is 5.92 Å². The molecule has 0 aromatic heterocycles. The standard InChI is InChI=1S/C12H19NO6/c1-12(2,3)19-11(18)13-7(10(16)17)5-4-6(14)8(13)9(5)15/h5-9,14-15H,4H2,1-3H3,(H,16,17)/t5-,6+,7-,8-,9-/m0/s1. The summed E-state index contributed by atoms with van der Waals surface area (Å²) >= 11 is 0. The molecular formula is C12H19NO6. The van der Waals surface area contributed by atoms with Crippen molar-refractivity contribution in [1.29, 1.82) is 0 Å².